The topological polar surface area (TPSA) is 64.8 Å². The highest BCUT2D eigenvalue weighted by Crippen LogP contribution is 2.21. The number of amides is 1. The van der Waals surface area contributed by atoms with Crippen LogP contribution in [0, 0.1) is 6.92 Å². The van der Waals surface area contributed by atoms with Crippen LogP contribution in [0.15, 0.2) is 34.9 Å². The Labute approximate surface area is 179 Å². The summed E-state index contributed by atoms with van der Waals surface area (Å²) in [4.78, 5) is 23.9. The van der Waals surface area contributed by atoms with Crippen molar-refractivity contribution in [3.63, 3.8) is 0 Å². The molecule has 0 radical (unpaired) electrons. The SMILES string of the molecule is Cc1ccccc1N1CCN(Cc2nc(C(=O)NCCN3CCCCC3)co2)CC1. The standard InChI is InChI=1S/C23H33N5O2/c1-19-7-3-4-8-21(19)28-15-13-27(14-16-28)17-22-25-20(18-30-22)23(29)24-9-12-26-10-5-2-6-11-26/h3-4,7-8,18H,2,5-6,9-17H2,1H3,(H,24,29). The first-order valence-electron chi connectivity index (χ1n) is 11.2. The largest absolute Gasteiger partial charge is 0.447 e. The average Bonchev–Trinajstić information content (AvgIpc) is 3.24. The number of oxazole rings is 1. The van der Waals surface area contributed by atoms with Crippen molar-refractivity contribution in [2.75, 3.05) is 57.3 Å². The van der Waals surface area contributed by atoms with Gasteiger partial charge in [-0.3, -0.25) is 9.69 Å². The van der Waals surface area contributed by atoms with Crippen LogP contribution in [0.5, 0.6) is 0 Å². The maximum absolute atomic E-state index is 12.4. The van der Waals surface area contributed by atoms with Crippen LogP contribution in [0.25, 0.3) is 0 Å². The molecule has 3 heterocycles. The molecule has 7 heteroatoms. The molecule has 1 aromatic heterocycles. The number of nitrogens with one attached hydrogen (secondary N) is 1. The number of likely N-dealkylation sites (tertiary alicyclic amines) is 1. The highest BCUT2D eigenvalue weighted by molar-refractivity contribution is 5.91. The molecule has 1 amide bonds. The van der Waals surface area contributed by atoms with Gasteiger partial charge in [-0.1, -0.05) is 24.6 Å². The Morgan fingerprint density at radius 3 is 2.57 bits per heavy atom. The minimum absolute atomic E-state index is 0.147. The number of anilines is 1. The molecule has 2 saturated heterocycles. The molecule has 4 rings (SSSR count). The van der Waals surface area contributed by atoms with Crippen LogP contribution in [0.4, 0.5) is 5.69 Å². The molecule has 0 atom stereocenters. The number of aromatic nitrogens is 1. The summed E-state index contributed by atoms with van der Waals surface area (Å²) < 4.78 is 5.58. The molecule has 0 bridgehead atoms. The third-order valence-corrected chi connectivity index (χ3v) is 6.13. The molecular formula is C23H33N5O2. The predicted molar refractivity (Wildman–Crippen MR) is 118 cm³/mol. The van der Waals surface area contributed by atoms with Gasteiger partial charge < -0.3 is 19.5 Å². The van der Waals surface area contributed by atoms with E-state index in [9.17, 15) is 4.79 Å². The summed E-state index contributed by atoms with van der Waals surface area (Å²) in [5.41, 5.74) is 3.01. The van der Waals surface area contributed by atoms with Gasteiger partial charge in [0.1, 0.15) is 6.26 Å². The molecule has 0 aliphatic carbocycles. The monoisotopic (exact) mass is 411 g/mol. The summed E-state index contributed by atoms with van der Waals surface area (Å²) in [5.74, 6) is 0.465. The van der Waals surface area contributed by atoms with Crippen molar-refractivity contribution in [1.82, 2.24) is 20.1 Å². The molecule has 2 aromatic rings. The fourth-order valence-corrected chi connectivity index (χ4v) is 4.35. The summed E-state index contributed by atoms with van der Waals surface area (Å²) in [7, 11) is 0. The number of carbonyl (C=O) groups is 1. The Balaban J connectivity index is 1.21. The van der Waals surface area contributed by atoms with Crippen molar-refractivity contribution >= 4 is 11.6 Å². The second-order valence-corrected chi connectivity index (χ2v) is 8.33. The van der Waals surface area contributed by atoms with Crippen LogP contribution in [-0.4, -0.2) is 73.0 Å². The van der Waals surface area contributed by atoms with Crippen molar-refractivity contribution < 1.29 is 9.21 Å². The quantitative estimate of drug-likeness (QED) is 0.755. The summed E-state index contributed by atoms with van der Waals surface area (Å²) in [5, 5.41) is 2.97. The zero-order valence-electron chi connectivity index (χ0n) is 18.0. The predicted octanol–water partition coefficient (Wildman–Crippen LogP) is 2.52. The first-order valence-corrected chi connectivity index (χ1v) is 11.2. The molecule has 0 saturated carbocycles. The Kier molecular flexibility index (Phi) is 7.02. The molecule has 7 nitrogen and oxygen atoms in total. The van der Waals surface area contributed by atoms with Gasteiger partial charge in [0.15, 0.2) is 5.69 Å². The molecule has 162 valence electrons. The molecule has 2 aliphatic rings. The Bertz CT molecular complexity index is 823. The van der Waals surface area contributed by atoms with E-state index in [1.165, 1.54) is 36.8 Å². The Morgan fingerprint density at radius 1 is 1.03 bits per heavy atom. The number of piperidine rings is 1. The second-order valence-electron chi connectivity index (χ2n) is 8.33. The zero-order valence-corrected chi connectivity index (χ0v) is 18.0. The smallest absolute Gasteiger partial charge is 0.273 e. The molecule has 1 N–H and O–H groups in total. The van der Waals surface area contributed by atoms with Gasteiger partial charge in [0.2, 0.25) is 5.89 Å². The lowest BCUT2D eigenvalue weighted by atomic mass is 10.1. The normalized spacial score (nSPS) is 18.5. The van der Waals surface area contributed by atoms with E-state index in [-0.39, 0.29) is 5.91 Å². The van der Waals surface area contributed by atoms with E-state index in [2.05, 4.69) is 56.2 Å². The van der Waals surface area contributed by atoms with Crippen molar-refractivity contribution in [2.24, 2.45) is 0 Å². The molecule has 1 aromatic carbocycles. The lowest BCUT2D eigenvalue weighted by Crippen LogP contribution is -2.46. The van der Waals surface area contributed by atoms with Gasteiger partial charge in [-0.05, 0) is 44.5 Å². The number of aryl methyl sites for hydroxylation is 1. The highest BCUT2D eigenvalue weighted by Gasteiger charge is 2.21. The number of hydrogen-bond donors (Lipinski definition) is 1. The number of rotatable bonds is 7. The van der Waals surface area contributed by atoms with Gasteiger partial charge in [0.05, 0.1) is 6.54 Å². The molecule has 2 aliphatic heterocycles. The van der Waals surface area contributed by atoms with Crippen LogP contribution >= 0.6 is 0 Å². The van der Waals surface area contributed by atoms with Gasteiger partial charge in [-0.25, -0.2) is 4.98 Å². The van der Waals surface area contributed by atoms with Crippen molar-refractivity contribution in [2.45, 2.75) is 32.7 Å². The maximum Gasteiger partial charge on any atom is 0.273 e. The second kappa shape index (κ2) is 10.1. The molecule has 0 unspecified atom stereocenters. The fourth-order valence-electron chi connectivity index (χ4n) is 4.35. The third-order valence-electron chi connectivity index (χ3n) is 6.13. The van der Waals surface area contributed by atoms with E-state index in [0.29, 0.717) is 24.7 Å². The summed E-state index contributed by atoms with van der Waals surface area (Å²) in [6.45, 7) is 10.5. The number of para-hydroxylation sites is 1. The number of carbonyl (C=O) groups excluding carboxylic acids is 1. The molecule has 30 heavy (non-hydrogen) atoms. The van der Waals surface area contributed by atoms with Gasteiger partial charge in [-0.15, -0.1) is 0 Å². The summed E-state index contributed by atoms with van der Waals surface area (Å²) >= 11 is 0. The van der Waals surface area contributed by atoms with Gasteiger partial charge in [-0.2, -0.15) is 0 Å². The van der Waals surface area contributed by atoms with Crippen LogP contribution in [0.3, 0.4) is 0 Å². The van der Waals surface area contributed by atoms with Crippen LogP contribution in [-0.2, 0) is 6.54 Å². The summed E-state index contributed by atoms with van der Waals surface area (Å²) in [6.07, 6.45) is 5.33. The molecular weight excluding hydrogens is 378 g/mol. The number of nitrogens with zero attached hydrogens (tertiary/aromatic N) is 4. The average molecular weight is 412 g/mol. The maximum atomic E-state index is 12.4. The zero-order chi connectivity index (χ0) is 20.8. The van der Waals surface area contributed by atoms with Crippen molar-refractivity contribution in [1.29, 1.82) is 0 Å². The van der Waals surface area contributed by atoms with E-state index >= 15 is 0 Å². The Hall–Kier alpha value is -2.38. The lowest BCUT2D eigenvalue weighted by Gasteiger charge is -2.36. The van der Waals surface area contributed by atoms with Crippen molar-refractivity contribution in [3.8, 4) is 0 Å². The van der Waals surface area contributed by atoms with E-state index < -0.39 is 0 Å². The first-order chi connectivity index (χ1) is 14.7. The van der Waals surface area contributed by atoms with Gasteiger partial charge in [0.25, 0.3) is 5.91 Å². The minimum atomic E-state index is -0.147. The lowest BCUT2D eigenvalue weighted by molar-refractivity contribution is 0.0941. The highest BCUT2D eigenvalue weighted by atomic mass is 16.3. The first kappa shape index (κ1) is 20.9. The fraction of sp³-hybridized carbons (Fsp3) is 0.565. The Morgan fingerprint density at radius 2 is 1.80 bits per heavy atom. The minimum Gasteiger partial charge on any atom is -0.447 e. The van der Waals surface area contributed by atoms with E-state index in [4.69, 9.17) is 4.42 Å². The van der Waals surface area contributed by atoms with E-state index in [1.54, 1.807) is 0 Å². The van der Waals surface area contributed by atoms with E-state index in [0.717, 1.165) is 45.8 Å². The van der Waals surface area contributed by atoms with Crippen LogP contribution in [0.2, 0.25) is 0 Å². The van der Waals surface area contributed by atoms with Crippen LogP contribution < -0.4 is 10.2 Å². The van der Waals surface area contributed by atoms with Gasteiger partial charge >= 0.3 is 0 Å². The number of hydrogen-bond acceptors (Lipinski definition) is 6. The van der Waals surface area contributed by atoms with Crippen molar-refractivity contribution in [3.05, 3.63) is 47.7 Å². The van der Waals surface area contributed by atoms with Crippen LogP contribution in [0.1, 0.15) is 41.2 Å². The molecule has 0 spiro atoms. The number of piperazine rings is 1. The third kappa shape index (κ3) is 5.40. The van der Waals surface area contributed by atoms with Gasteiger partial charge in [0, 0.05) is 45.0 Å². The number of benzene rings is 1. The molecule has 2 fully saturated rings. The van der Waals surface area contributed by atoms with E-state index in [1.807, 2.05) is 0 Å². The summed E-state index contributed by atoms with van der Waals surface area (Å²) in [6, 6.07) is 8.53.